The highest BCUT2D eigenvalue weighted by atomic mass is 32.1. The predicted octanol–water partition coefficient (Wildman–Crippen LogP) is 5.94. The number of nitrogens with zero attached hydrogens (tertiary/aromatic N) is 6. The summed E-state index contributed by atoms with van der Waals surface area (Å²) in [5, 5.41) is 8.09. The summed E-state index contributed by atoms with van der Waals surface area (Å²) in [5.74, 6) is 0.0241. The number of hydrogen-bond acceptors (Lipinski definition) is 8. The molecule has 4 aromatic heterocycles. The van der Waals surface area contributed by atoms with E-state index in [1.54, 1.807) is 38.1 Å². The average molecular weight is 643 g/mol. The molecule has 0 bridgehead atoms. The van der Waals surface area contributed by atoms with Crippen LogP contribution in [-0.4, -0.2) is 68.1 Å². The summed E-state index contributed by atoms with van der Waals surface area (Å²) >= 11 is 3.10. The van der Waals surface area contributed by atoms with Gasteiger partial charge in [0.2, 0.25) is 11.8 Å². The van der Waals surface area contributed by atoms with Crippen LogP contribution in [0.3, 0.4) is 0 Å². The molecule has 1 saturated heterocycles. The number of ether oxygens (including phenoxy) is 1. The van der Waals surface area contributed by atoms with Crippen LogP contribution in [0.15, 0.2) is 54.7 Å². The lowest BCUT2D eigenvalue weighted by Crippen LogP contribution is -2.37. The minimum Gasteiger partial charge on any atom is -0.493 e. The largest absolute Gasteiger partial charge is 0.493 e. The van der Waals surface area contributed by atoms with Crippen LogP contribution in [0.5, 0.6) is 5.75 Å². The number of pyridine rings is 1. The molecular weight excluding hydrogens is 612 g/mol. The monoisotopic (exact) mass is 642 g/mol. The maximum Gasteiger partial charge on any atom is 0.246 e. The fraction of sp³-hybridized carbons (Fsp3) is 0.303. The van der Waals surface area contributed by atoms with Crippen LogP contribution in [0.25, 0.3) is 43.2 Å². The van der Waals surface area contributed by atoms with Crippen LogP contribution in [0.2, 0.25) is 0 Å². The van der Waals surface area contributed by atoms with E-state index in [-0.39, 0.29) is 17.7 Å². The third kappa shape index (κ3) is 5.53. The zero-order valence-electron chi connectivity index (χ0n) is 25.0. The Morgan fingerprint density at radius 3 is 2.84 bits per heavy atom. The zero-order valence-corrected chi connectivity index (χ0v) is 26.6. The van der Waals surface area contributed by atoms with Gasteiger partial charge in [0.15, 0.2) is 0 Å². The summed E-state index contributed by atoms with van der Waals surface area (Å²) in [6, 6.07) is 6.63. The van der Waals surface area contributed by atoms with Crippen molar-refractivity contribution in [3.63, 3.8) is 0 Å². The molecular formula is C33H31FN6O3S2. The van der Waals surface area contributed by atoms with Crippen molar-refractivity contribution in [2.75, 3.05) is 26.7 Å². The number of rotatable bonds is 7. The molecule has 230 valence electrons. The molecule has 2 aliphatic heterocycles. The first-order valence-corrected chi connectivity index (χ1v) is 16.5. The quantitative estimate of drug-likeness (QED) is 0.204. The molecule has 2 amide bonds. The van der Waals surface area contributed by atoms with Crippen molar-refractivity contribution in [2.45, 2.75) is 25.8 Å². The van der Waals surface area contributed by atoms with Crippen molar-refractivity contribution < 1.29 is 18.7 Å². The molecule has 2 aliphatic rings. The second-order valence-corrected chi connectivity index (χ2v) is 13.5. The Labute approximate surface area is 267 Å². The summed E-state index contributed by atoms with van der Waals surface area (Å²) in [6.07, 6.45) is 6.93. The van der Waals surface area contributed by atoms with Gasteiger partial charge in [0, 0.05) is 89.9 Å². The van der Waals surface area contributed by atoms with Crippen LogP contribution in [0.4, 0.5) is 4.39 Å². The fourth-order valence-corrected chi connectivity index (χ4v) is 8.06. The first-order chi connectivity index (χ1) is 21.8. The number of thiophene rings is 1. The van der Waals surface area contributed by atoms with E-state index < -0.39 is 5.82 Å². The maximum absolute atomic E-state index is 14.8. The SMILES string of the molecule is C=CC(=O)N1CCc2nc(-c3nc(-c4cnn(C)c4)c4ccsc4c3-c3ccc(F)cc3OCC3CCN(C)C(=O)C3)sc2C1. The first kappa shape index (κ1) is 29.3. The number of fused-ring (bicyclic) bond motifs is 2. The third-order valence-electron chi connectivity index (χ3n) is 8.46. The van der Waals surface area contributed by atoms with Crippen molar-refractivity contribution in [3.05, 3.63) is 71.1 Å². The van der Waals surface area contributed by atoms with E-state index in [0.29, 0.717) is 56.1 Å². The molecule has 1 aromatic carbocycles. The standard InChI is InChI=1S/C33H31FN6O3S2/c1-4-27(41)40-11-8-24-26(17-40)45-33(36-24)31-29(32-23(9-12-44-32)30(37-31)20-15-35-39(3)16-20)22-6-5-21(34)14-25(22)43-18-19-7-10-38(2)28(42)13-19/h4-6,9,12,14-16,19H,1,7-8,10-11,13,17-18H2,2-3H3. The highest BCUT2D eigenvalue weighted by molar-refractivity contribution is 7.18. The molecule has 7 rings (SSSR count). The molecule has 1 unspecified atom stereocenters. The molecule has 0 saturated carbocycles. The third-order valence-corrected chi connectivity index (χ3v) is 10.5. The van der Waals surface area contributed by atoms with E-state index >= 15 is 0 Å². The Kier molecular flexibility index (Phi) is 7.70. The maximum atomic E-state index is 14.8. The lowest BCUT2D eigenvalue weighted by Gasteiger charge is -2.28. The summed E-state index contributed by atoms with van der Waals surface area (Å²) in [6.45, 7) is 5.66. The fourth-order valence-electron chi connectivity index (χ4n) is 5.98. The van der Waals surface area contributed by atoms with Crippen molar-refractivity contribution in [3.8, 4) is 38.8 Å². The van der Waals surface area contributed by atoms with Crippen LogP contribution in [0.1, 0.15) is 23.4 Å². The van der Waals surface area contributed by atoms with Gasteiger partial charge in [-0.1, -0.05) is 6.58 Å². The van der Waals surface area contributed by atoms with Gasteiger partial charge in [-0.05, 0) is 36.1 Å². The summed E-state index contributed by atoms with van der Waals surface area (Å²) in [5.41, 5.74) is 4.79. The summed E-state index contributed by atoms with van der Waals surface area (Å²) in [4.78, 5) is 39.6. The minimum absolute atomic E-state index is 0.0454. The summed E-state index contributed by atoms with van der Waals surface area (Å²) < 4.78 is 23.8. The van der Waals surface area contributed by atoms with Gasteiger partial charge < -0.3 is 14.5 Å². The normalized spacial score (nSPS) is 16.7. The Morgan fingerprint density at radius 2 is 2.07 bits per heavy atom. The molecule has 0 N–H and O–H groups in total. The van der Waals surface area contributed by atoms with Gasteiger partial charge in [0.25, 0.3) is 0 Å². The molecule has 5 aromatic rings. The van der Waals surface area contributed by atoms with E-state index in [9.17, 15) is 14.0 Å². The van der Waals surface area contributed by atoms with Crippen molar-refractivity contribution in [1.82, 2.24) is 29.5 Å². The van der Waals surface area contributed by atoms with Crippen LogP contribution in [-0.2, 0) is 29.6 Å². The Morgan fingerprint density at radius 1 is 1.20 bits per heavy atom. The minimum atomic E-state index is -0.409. The Bertz CT molecular complexity index is 1960. The van der Waals surface area contributed by atoms with E-state index in [1.807, 2.05) is 31.7 Å². The van der Waals surface area contributed by atoms with E-state index in [2.05, 4.69) is 11.7 Å². The van der Waals surface area contributed by atoms with E-state index in [0.717, 1.165) is 48.9 Å². The average Bonchev–Trinajstić information content (AvgIpc) is 3.80. The summed E-state index contributed by atoms with van der Waals surface area (Å²) in [7, 11) is 3.68. The number of aromatic nitrogens is 4. The topological polar surface area (TPSA) is 93.4 Å². The number of likely N-dealkylation sites (tertiary alicyclic amines) is 1. The molecule has 12 heteroatoms. The van der Waals surface area contributed by atoms with Gasteiger partial charge in [-0.3, -0.25) is 14.3 Å². The van der Waals surface area contributed by atoms with Gasteiger partial charge in [0.05, 0.1) is 30.7 Å². The lowest BCUT2D eigenvalue weighted by atomic mass is 9.97. The molecule has 0 radical (unpaired) electrons. The second-order valence-electron chi connectivity index (χ2n) is 11.5. The van der Waals surface area contributed by atoms with Gasteiger partial charge in [-0.15, -0.1) is 22.7 Å². The zero-order chi connectivity index (χ0) is 31.2. The van der Waals surface area contributed by atoms with Crippen molar-refractivity contribution in [1.29, 1.82) is 0 Å². The molecule has 1 fully saturated rings. The number of carbonyl (C=O) groups excluding carboxylic acids is 2. The number of amides is 2. The van der Waals surface area contributed by atoms with Gasteiger partial charge in [-0.25, -0.2) is 14.4 Å². The molecule has 0 spiro atoms. The predicted molar refractivity (Wildman–Crippen MR) is 173 cm³/mol. The molecule has 6 heterocycles. The van der Waals surface area contributed by atoms with E-state index in [1.165, 1.54) is 29.5 Å². The van der Waals surface area contributed by atoms with Gasteiger partial charge in [-0.2, -0.15) is 5.10 Å². The second kappa shape index (κ2) is 11.8. The first-order valence-electron chi connectivity index (χ1n) is 14.8. The number of halogens is 1. The molecule has 1 atom stereocenters. The number of carbonyl (C=O) groups is 2. The highest BCUT2D eigenvalue weighted by Gasteiger charge is 2.29. The van der Waals surface area contributed by atoms with E-state index in [4.69, 9.17) is 14.7 Å². The van der Waals surface area contributed by atoms with Crippen LogP contribution >= 0.6 is 22.7 Å². The van der Waals surface area contributed by atoms with Crippen molar-refractivity contribution in [2.24, 2.45) is 13.0 Å². The van der Waals surface area contributed by atoms with Crippen LogP contribution in [0, 0.1) is 11.7 Å². The molecule has 0 aliphatic carbocycles. The van der Waals surface area contributed by atoms with Gasteiger partial charge >= 0.3 is 0 Å². The number of thiazole rings is 1. The smallest absolute Gasteiger partial charge is 0.246 e. The Balaban J connectivity index is 1.37. The Hall–Kier alpha value is -4.42. The molecule has 9 nitrogen and oxygen atoms in total. The number of hydrogen-bond donors (Lipinski definition) is 0. The van der Waals surface area contributed by atoms with Crippen molar-refractivity contribution >= 4 is 44.6 Å². The number of aryl methyl sites for hydroxylation is 1. The highest BCUT2D eigenvalue weighted by Crippen LogP contribution is 2.47. The molecule has 45 heavy (non-hydrogen) atoms. The van der Waals surface area contributed by atoms with Gasteiger partial charge in [0.1, 0.15) is 22.3 Å². The van der Waals surface area contributed by atoms with Crippen LogP contribution < -0.4 is 4.74 Å². The lowest BCUT2D eigenvalue weighted by molar-refractivity contribution is -0.134. The number of benzene rings is 1. The number of piperidine rings is 1.